The number of rotatable bonds is 12. The van der Waals surface area contributed by atoms with E-state index < -0.39 is 11.9 Å². The van der Waals surface area contributed by atoms with Crippen molar-refractivity contribution in [3.63, 3.8) is 0 Å². The summed E-state index contributed by atoms with van der Waals surface area (Å²) in [7, 11) is 0. The second kappa shape index (κ2) is 11.7. The van der Waals surface area contributed by atoms with E-state index in [1.165, 1.54) is 31.4 Å². The number of carbonyl (C=O) groups excluding carboxylic acids is 1. The molecule has 4 heteroatoms. The van der Waals surface area contributed by atoms with Gasteiger partial charge in [-0.25, -0.2) is 9.59 Å². The maximum atomic E-state index is 12.4. The van der Waals surface area contributed by atoms with Crippen LogP contribution < -0.4 is 0 Å². The molecule has 0 aromatic heterocycles. The Morgan fingerprint density at radius 1 is 0.960 bits per heavy atom. The zero-order chi connectivity index (χ0) is 18.7. The van der Waals surface area contributed by atoms with Crippen LogP contribution in [0, 0.1) is 5.92 Å². The van der Waals surface area contributed by atoms with E-state index in [0.29, 0.717) is 0 Å². The zero-order valence-corrected chi connectivity index (χ0v) is 15.8. The molecule has 4 nitrogen and oxygen atoms in total. The number of carboxylic acid groups (broad SMARTS) is 1. The average molecular weight is 348 g/mol. The fourth-order valence-electron chi connectivity index (χ4n) is 2.92. The summed E-state index contributed by atoms with van der Waals surface area (Å²) in [5, 5.41) is 9.21. The summed E-state index contributed by atoms with van der Waals surface area (Å²) in [6.07, 6.45) is 8.38. The van der Waals surface area contributed by atoms with Crippen LogP contribution in [0.2, 0.25) is 0 Å². The molecule has 0 aliphatic carbocycles. The van der Waals surface area contributed by atoms with E-state index in [-0.39, 0.29) is 17.2 Å². The Kier molecular flexibility index (Phi) is 9.90. The van der Waals surface area contributed by atoms with Gasteiger partial charge in [0.15, 0.2) is 0 Å². The highest BCUT2D eigenvalue weighted by Gasteiger charge is 2.20. The summed E-state index contributed by atoms with van der Waals surface area (Å²) < 4.78 is 5.61. The van der Waals surface area contributed by atoms with Crippen molar-refractivity contribution < 1.29 is 19.4 Å². The van der Waals surface area contributed by atoms with Crippen LogP contribution in [0.15, 0.2) is 24.3 Å². The van der Waals surface area contributed by atoms with E-state index >= 15 is 0 Å². The van der Waals surface area contributed by atoms with Gasteiger partial charge in [-0.05, 0) is 37.3 Å². The Morgan fingerprint density at radius 3 is 2.12 bits per heavy atom. The van der Waals surface area contributed by atoms with Gasteiger partial charge in [0.2, 0.25) is 0 Å². The van der Waals surface area contributed by atoms with Gasteiger partial charge in [0.05, 0.1) is 11.1 Å². The Balaban J connectivity index is 2.51. The zero-order valence-electron chi connectivity index (χ0n) is 15.8. The largest absolute Gasteiger partial charge is 0.478 e. The highest BCUT2D eigenvalue weighted by molar-refractivity contribution is 6.02. The highest BCUT2D eigenvalue weighted by atomic mass is 16.5. The van der Waals surface area contributed by atoms with E-state index in [4.69, 9.17) is 4.74 Å². The van der Waals surface area contributed by atoms with Crippen LogP contribution in [-0.4, -0.2) is 23.1 Å². The first-order valence-corrected chi connectivity index (χ1v) is 9.49. The lowest BCUT2D eigenvalue weighted by atomic mass is 10.0. The number of hydrogen-bond donors (Lipinski definition) is 1. The minimum Gasteiger partial charge on any atom is -0.478 e. The number of aromatic carboxylic acids is 1. The summed E-state index contributed by atoms with van der Waals surface area (Å²) >= 11 is 0. The quantitative estimate of drug-likeness (QED) is 0.388. The number of unbranched alkanes of at least 4 members (excludes halogenated alkanes) is 3. The SMILES string of the molecule is CCCC(CCCCCCC(C)C)OC(=O)c1ccccc1C(=O)O. The van der Waals surface area contributed by atoms with Gasteiger partial charge < -0.3 is 9.84 Å². The second-order valence-corrected chi connectivity index (χ2v) is 7.05. The van der Waals surface area contributed by atoms with E-state index in [0.717, 1.165) is 38.0 Å². The summed E-state index contributed by atoms with van der Waals surface area (Å²) in [5.41, 5.74) is 0.129. The third-order valence-electron chi connectivity index (χ3n) is 4.32. The van der Waals surface area contributed by atoms with Crippen LogP contribution >= 0.6 is 0 Å². The van der Waals surface area contributed by atoms with Crippen LogP contribution in [0.3, 0.4) is 0 Å². The van der Waals surface area contributed by atoms with Gasteiger partial charge in [-0.3, -0.25) is 0 Å². The molecular weight excluding hydrogens is 316 g/mol. The summed E-state index contributed by atoms with van der Waals surface area (Å²) in [4.78, 5) is 23.6. The fourth-order valence-corrected chi connectivity index (χ4v) is 2.92. The molecule has 140 valence electrons. The maximum Gasteiger partial charge on any atom is 0.339 e. The van der Waals surface area contributed by atoms with Gasteiger partial charge in [-0.1, -0.05) is 65.0 Å². The van der Waals surface area contributed by atoms with Gasteiger partial charge in [0.25, 0.3) is 0 Å². The second-order valence-electron chi connectivity index (χ2n) is 7.05. The van der Waals surface area contributed by atoms with Gasteiger partial charge in [-0.2, -0.15) is 0 Å². The van der Waals surface area contributed by atoms with Crippen molar-refractivity contribution in [2.45, 2.75) is 78.2 Å². The summed E-state index contributed by atoms with van der Waals surface area (Å²) in [6.45, 7) is 6.55. The van der Waals surface area contributed by atoms with Crippen LogP contribution in [0.5, 0.6) is 0 Å². The summed E-state index contributed by atoms with van der Waals surface area (Å²) in [6, 6.07) is 6.22. The Labute approximate surface area is 151 Å². The fraction of sp³-hybridized carbons (Fsp3) is 0.619. The molecule has 0 radical (unpaired) electrons. The normalized spacial score (nSPS) is 12.2. The van der Waals surface area contributed by atoms with Crippen molar-refractivity contribution in [3.8, 4) is 0 Å². The first kappa shape index (κ1) is 21.2. The van der Waals surface area contributed by atoms with Crippen LogP contribution in [0.25, 0.3) is 0 Å². The molecule has 1 rings (SSSR count). The van der Waals surface area contributed by atoms with Gasteiger partial charge in [0.1, 0.15) is 6.10 Å². The molecule has 0 aliphatic rings. The van der Waals surface area contributed by atoms with E-state index in [1.54, 1.807) is 12.1 Å². The smallest absolute Gasteiger partial charge is 0.339 e. The van der Waals surface area contributed by atoms with Gasteiger partial charge in [-0.15, -0.1) is 0 Å². The van der Waals surface area contributed by atoms with Crippen molar-refractivity contribution >= 4 is 11.9 Å². The number of carbonyl (C=O) groups is 2. The number of ether oxygens (including phenoxy) is 1. The standard InChI is InChI=1S/C21H32O4/c1-4-11-17(13-8-6-5-7-12-16(2)3)25-21(24)19-15-10-9-14-18(19)20(22)23/h9-10,14-17H,4-8,11-13H2,1-3H3,(H,22,23). The Hall–Kier alpha value is -1.84. The Bertz CT molecular complexity index is 536. The summed E-state index contributed by atoms with van der Waals surface area (Å²) in [5.74, 6) is -0.885. The van der Waals surface area contributed by atoms with Crippen molar-refractivity contribution in [3.05, 3.63) is 35.4 Å². The number of carboxylic acids is 1. The minimum atomic E-state index is -1.11. The lowest BCUT2D eigenvalue weighted by molar-refractivity contribution is 0.0248. The average Bonchev–Trinajstić information content (AvgIpc) is 2.57. The molecule has 0 fully saturated rings. The topological polar surface area (TPSA) is 63.6 Å². The maximum absolute atomic E-state index is 12.4. The monoisotopic (exact) mass is 348 g/mol. The van der Waals surface area contributed by atoms with Crippen LogP contribution in [0.1, 0.15) is 92.9 Å². The molecule has 1 atom stereocenters. The van der Waals surface area contributed by atoms with Crippen LogP contribution in [-0.2, 0) is 4.74 Å². The molecule has 0 heterocycles. The molecule has 0 bridgehead atoms. The first-order valence-electron chi connectivity index (χ1n) is 9.49. The predicted molar refractivity (Wildman–Crippen MR) is 100 cm³/mol. The number of esters is 1. The van der Waals surface area contributed by atoms with Crippen molar-refractivity contribution in [1.82, 2.24) is 0 Å². The molecule has 25 heavy (non-hydrogen) atoms. The molecule has 0 spiro atoms. The molecule has 0 amide bonds. The third kappa shape index (κ3) is 8.19. The number of benzene rings is 1. The third-order valence-corrected chi connectivity index (χ3v) is 4.32. The van der Waals surface area contributed by atoms with Crippen LogP contribution in [0.4, 0.5) is 0 Å². The molecule has 1 aromatic rings. The van der Waals surface area contributed by atoms with Crippen molar-refractivity contribution in [2.75, 3.05) is 0 Å². The lowest BCUT2D eigenvalue weighted by Crippen LogP contribution is -2.20. The minimum absolute atomic E-state index is 0.00330. The lowest BCUT2D eigenvalue weighted by Gasteiger charge is -2.18. The van der Waals surface area contributed by atoms with Crippen molar-refractivity contribution in [1.29, 1.82) is 0 Å². The number of hydrogen-bond acceptors (Lipinski definition) is 3. The van der Waals surface area contributed by atoms with E-state index in [9.17, 15) is 14.7 Å². The van der Waals surface area contributed by atoms with Gasteiger partial charge >= 0.3 is 11.9 Å². The van der Waals surface area contributed by atoms with Crippen molar-refractivity contribution in [2.24, 2.45) is 5.92 Å². The Morgan fingerprint density at radius 2 is 1.56 bits per heavy atom. The molecule has 0 saturated heterocycles. The first-order chi connectivity index (χ1) is 12.0. The molecule has 0 aliphatic heterocycles. The van der Waals surface area contributed by atoms with E-state index in [2.05, 4.69) is 20.8 Å². The van der Waals surface area contributed by atoms with Gasteiger partial charge in [0, 0.05) is 0 Å². The molecule has 1 unspecified atom stereocenters. The predicted octanol–water partition coefficient (Wildman–Crippen LogP) is 5.71. The molecule has 0 saturated carbocycles. The molecule has 1 N–H and O–H groups in total. The molecular formula is C21H32O4. The highest BCUT2D eigenvalue weighted by Crippen LogP contribution is 2.18. The molecule has 1 aromatic carbocycles. The van der Waals surface area contributed by atoms with E-state index in [1.807, 2.05) is 0 Å².